The fourth-order valence-electron chi connectivity index (χ4n) is 2.86. The van der Waals surface area contributed by atoms with Gasteiger partial charge in [0.1, 0.15) is 17.9 Å². The van der Waals surface area contributed by atoms with Crippen molar-refractivity contribution in [1.82, 2.24) is 10.2 Å². The molecule has 126 valence electrons. The molecule has 0 aliphatic carbocycles. The number of carbonyl (C=O) groups excluding carboxylic acids is 2. The molecule has 0 unspecified atom stereocenters. The van der Waals surface area contributed by atoms with Gasteiger partial charge in [-0.2, -0.15) is 5.26 Å². The Kier molecular flexibility index (Phi) is 4.48. The zero-order valence-corrected chi connectivity index (χ0v) is 13.6. The van der Waals surface area contributed by atoms with Crippen molar-refractivity contribution in [3.05, 3.63) is 70.5 Å². The fourth-order valence-corrected chi connectivity index (χ4v) is 2.86. The van der Waals surface area contributed by atoms with Crippen molar-refractivity contribution in [3.8, 4) is 6.07 Å². The number of nitrogens with one attached hydrogen (secondary N) is 1. The second-order valence-corrected chi connectivity index (χ2v) is 5.96. The summed E-state index contributed by atoms with van der Waals surface area (Å²) in [6.45, 7) is 2.65. The molecule has 1 heterocycles. The van der Waals surface area contributed by atoms with Crippen molar-refractivity contribution in [3.63, 3.8) is 0 Å². The average Bonchev–Trinajstić information content (AvgIpc) is 3.05. The molecular weight excluding hydrogens is 321 g/mol. The Labute approximate surface area is 144 Å². The van der Waals surface area contributed by atoms with Crippen molar-refractivity contribution < 1.29 is 14.0 Å². The number of benzene rings is 2. The summed E-state index contributed by atoms with van der Waals surface area (Å²) in [5.41, 5.74) is 2.14. The number of halogens is 1. The van der Waals surface area contributed by atoms with Crippen LogP contribution in [-0.4, -0.2) is 22.8 Å². The number of amides is 2. The molecule has 3 rings (SSSR count). The molecule has 6 heteroatoms. The largest absolute Gasteiger partial charge is 0.341 e. The fraction of sp³-hybridized carbons (Fsp3) is 0.211. The minimum absolute atomic E-state index is 0.141. The molecule has 0 bridgehead atoms. The van der Waals surface area contributed by atoms with Crippen molar-refractivity contribution >= 4 is 11.8 Å². The molecule has 1 aliphatic heterocycles. The predicted octanol–water partition coefficient (Wildman–Crippen LogP) is 2.36. The van der Waals surface area contributed by atoms with Crippen molar-refractivity contribution in [2.45, 2.75) is 26.1 Å². The van der Waals surface area contributed by atoms with E-state index in [0.717, 1.165) is 17.2 Å². The van der Waals surface area contributed by atoms with Crippen molar-refractivity contribution in [2.24, 2.45) is 0 Å². The summed E-state index contributed by atoms with van der Waals surface area (Å²) in [7, 11) is 0. The van der Waals surface area contributed by atoms with Gasteiger partial charge in [-0.15, -0.1) is 0 Å². The molecule has 2 aromatic carbocycles. The minimum Gasteiger partial charge on any atom is -0.341 e. The van der Waals surface area contributed by atoms with E-state index in [9.17, 15) is 14.0 Å². The Morgan fingerprint density at radius 2 is 1.84 bits per heavy atom. The van der Waals surface area contributed by atoms with E-state index in [-0.39, 0.29) is 17.0 Å². The third-order valence-corrected chi connectivity index (χ3v) is 4.22. The molecule has 25 heavy (non-hydrogen) atoms. The lowest BCUT2D eigenvalue weighted by atomic mass is 10.1. The lowest BCUT2D eigenvalue weighted by Crippen LogP contribution is -2.45. The highest BCUT2D eigenvalue weighted by Crippen LogP contribution is 2.22. The molecule has 0 aromatic heterocycles. The summed E-state index contributed by atoms with van der Waals surface area (Å²) < 4.78 is 13.3. The molecule has 1 N–H and O–H groups in total. The Hall–Kier alpha value is -3.20. The summed E-state index contributed by atoms with van der Waals surface area (Å²) in [6.07, 6.45) is 0. The van der Waals surface area contributed by atoms with E-state index >= 15 is 0 Å². The van der Waals surface area contributed by atoms with Crippen LogP contribution in [0.3, 0.4) is 0 Å². The highest BCUT2D eigenvalue weighted by molar-refractivity contribution is 5.97. The van der Waals surface area contributed by atoms with E-state index in [0.29, 0.717) is 13.1 Å². The number of rotatable bonds is 3. The first-order valence-corrected chi connectivity index (χ1v) is 7.85. The second-order valence-electron chi connectivity index (χ2n) is 5.96. The standard InChI is InChI=1S/C19H16FN3O2/c1-12(19(25)23-10-14-4-2-3-5-15(14)11-23)22-18(24)13-6-7-17(20)16(8-13)9-21/h2-8,12H,10-11H2,1H3,(H,22,24)/t12-/m0/s1. The highest BCUT2D eigenvalue weighted by atomic mass is 19.1. The molecule has 1 aliphatic rings. The summed E-state index contributed by atoms with van der Waals surface area (Å²) in [6, 6.07) is 12.3. The van der Waals surface area contributed by atoms with Gasteiger partial charge in [0.25, 0.3) is 5.91 Å². The Bertz CT molecular complexity index is 863. The number of nitriles is 1. The Balaban J connectivity index is 1.66. The van der Waals surface area contributed by atoms with Crippen LogP contribution in [0.5, 0.6) is 0 Å². The Morgan fingerprint density at radius 3 is 2.44 bits per heavy atom. The third kappa shape index (κ3) is 3.36. The van der Waals surface area contributed by atoms with Crippen LogP contribution in [0.15, 0.2) is 42.5 Å². The van der Waals surface area contributed by atoms with Gasteiger partial charge in [0, 0.05) is 18.7 Å². The van der Waals surface area contributed by atoms with Gasteiger partial charge in [-0.25, -0.2) is 4.39 Å². The van der Waals surface area contributed by atoms with Crippen molar-refractivity contribution in [1.29, 1.82) is 5.26 Å². The monoisotopic (exact) mass is 337 g/mol. The van der Waals surface area contributed by atoms with Crippen LogP contribution in [0.1, 0.15) is 34.0 Å². The first-order chi connectivity index (χ1) is 12.0. The van der Waals surface area contributed by atoms with Crippen LogP contribution >= 0.6 is 0 Å². The van der Waals surface area contributed by atoms with Crippen LogP contribution in [0, 0.1) is 17.1 Å². The maximum atomic E-state index is 13.3. The van der Waals surface area contributed by atoms with Gasteiger partial charge in [-0.05, 0) is 36.2 Å². The molecule has 2 amide bonds. The maximum absolute atomic E-state index is 13.3. The zero-order chi connectivity index (χ0) is 18.0. The Morgan fingerprint density at radius 1 is 1.20 bits per heavy atom. The zero-order valence-electron chi connectivity index (χ0n) is 13.6. The molecule has 0 saturated heterocycles. The summed E-state index contributed by atoms with van der Waals surface area (Å²) in [5, 5.41) is 11.5. The molecule has 2 aromatic rings. The SMILES string of the molecule is C[C@H](NC(=O)c1ccc(F)c(C#N)c1)C(=O)N1Cc2ccccc2C1. The van der Waals surface area contributed by atoms with Crippen LogP contribution in [0.4, 0.5) is 4.39 Å². The second kappa shape index (κ2) is 6.73. The lowest BCUT2D eigenvalue weighted by molar-refractivity contribution is -0.133. The van der Waals surface area contributed by atoms with E-state index in [1.54, 1.807) is 17.9 Å². The van der Waals surface area contributed by atoms with Gasteiger partial charge in [0.05, 0.1) is 5.56 Å². The van der Waals surface area contributed by atoms with Crippen LogP contribution in [0.2, 0.25) is 0 Å². The maximum Gasteiger partial charge on any atom is 0.251 e. The van der Waals surface area contributed by atoms with Crippen LogP contribution in [0.25, 0.3) is 0 Å². The van der Waals surface area contributed by atoms with Crippen molar-refractivity contribution in [2.75, 3.05) is 0 Å². The van der Waals surface area contributed by atoms with Gasteiger partial charge in [-0.3, -0.25) is 9.59 Å². The first kappa shape index (κ1) is 16.7. The van der Waals surface area contributed by atoms with Gasteiger partial charge in [0.15, 0.2) is 0 Å². The summed E-state index contributed by atoms with van der Waals surface area (Å²) >= 11 is 0. The van der Waals surface area contributed by atoms with Gasteiger partial charge in [-0.1, -0.05) is 24.3 Å². The predicted molar refractivity (Wildman–Crippen MR) is 88.7 cm³/mol. The van der Waals surface area contributed by atoms with Crippen LogP contribution < -0.4 is 5.32 Å². The lowest BCUT2D eigenvalue weighted by Gasteiger charge is -2.21. The molecule has 0 spiro atoms. The van der Waals surface area contributed by atoms with E-state index in [1.807, 2.05) is 24.3 Å². The number of hydrogen-bond donors (Lipinski definition) is 1. The molecular formula is C19H16FN3O2. The number of hydrogen-bond acceptors (Lipinski definition) is 3. The summed E-state index contributed by atoms with van der Waals surface area (Å²) in [5.74, 6) is -1.39. The molecule has 0 radical (unpaired) electrons. The molecule has 0 saturated carbocycles. The van der Waals surface area contributed by atoms with Gasteiger partial charge < -0.3 is 10.2 Å². The smallest absolute Gasteiger partial charge is 0.251 e. The normalized spacial score (nSPS) is 13.7. The quantitative estimate of drug-likeness (QED) is 0.934. The van der Waals surface area contributed by atoms with E-state index in [2.05, 4.69) is 5.32 Å². The molecule has 0 fully saturated rings. The summed E-state index contributed by atoms with van der Waals surface area (Å²) in [4.78, 5) is 26.5. The third-order valence-electron chi connectivity index (χ3n) is 4.22. The van der Waals surface area contributed by atoms with Gasteiger partial charge >= 0.3 is 0 Å². The number of carbonyl (C=O) groups is 2. The molecule has 5 nitrogen and oxygen atoms in total. The van der Waals surface area contributed by atoms with E-state index in [4.69, 9.17) is 5.26 Å². The number of nitrogens with zero attached hydrogens (tertiary/aromatic N) is 2. The first-order valence-electron chi connectivity index (χ1n) is 7.85. The van der Waals surface area contributed by atoms with E-state index in [1.165, 1.54) is 12.1 Å². The molecule has 1 atom stereocenters. The van der Waals surface area contributed by atoms with E-state index < -0.39 is 17.8 Å². The van der Waals surface area contributed by atoms with Gasteiger partial charge in [0.2, 0.25) is 5.91 Å². The minimum atomic E-state index is -0.725. The average molecular weight is 337 g/mol. The topological polar surface area (TPSA) is 73.2 Å². The highest BCUT2D eigenvalue weighted by Gasteiger charge is 2.27. The number of fused-ring (bicyclic) bond motifs is 1. The van der Waals surface area contributed by atoms with Crippen LogP contribution in [-0.2, 0) is 17.9 Å².